The predicted molar refractivity (Wildman–Crippen MR) is 113 cm³/mol. The molecule has 0 aliphatic carbocycles. The van der Waals surface area contributed by atoms with Gasteiger partial charge < -0.3 is 19.5 Å². The van der Waals surface area contributed by atoms with E-state index in [0.717, 1.165) is 11.3 Å². The van der Waals surface area contributed by atoms with E-state index in [9.17, 15) is 9.59 Å². The molecule has 6 nitrogen and oxygen atoms in total. The van der Waals surface area contributed by atoms with Crippen molar-refractivity contribution in [1.29, 1.82) is 0 Å². The third kappa shape index (κ3) is 6.82. The largest absolute Gasteiger partial charge is 0.490 e. The highest BCUT2D eigenvalue weighted by molar-refractivity contribution is 5.92. The summed E-state index contributed by atoms with van der Waals surface area (Å²) in [5, 5.41) is 2.89. The van der Waals surface area contributed by atoms with Crippen LogP contribution in [-0.2, 0) is 16.0 Å². The van der Waals surface area contributed by atoms with Crippen molar-refractivity contribution in [3.8, 4) is 17.2 Å². The normalized spacial score (nSPS) is 10.5. The molecule has 0 bridgehead atoms. The number of nitrogens with one attached hydrogen (secondary N) is 1. The van der Waals surface area contributed by atoms with Crippen molar-refractivity contribution in [1.82, 2.24) is 0 Å². The molecule has 0 aliphatic rings. The van der Waals surface area contributed by atoms with Crippen LogP contribution < -0.4 is 19.5 Å². The van der Waals surface area contributed by atoms with Crippen molar-refractivity contribution in [3.05, 3.63) is 48.0 Å². The fraction of sp³-hybridized carbons (Fsp3) is 0.391. The van der Waals surface area contributed by atoms with E-state index in [-0.39, 0.29) is 24.2 Å². The van der Waals surface area contributed by atoms with Gasteiger partial charge >= 0.3 is 5.97 Å². The van der Waals surface area contributed by atoms with Crippen LogP contribution in [0.25, 0.3) is 0 Å². The Morgan fingerprint density at radius 2 is 1.69 bits per heavy atom. The Bertz CT molecular complexity index is 832. The van der Waals surface area contributed by atoms with Crippen molar-refractivity contribution in [2.24, 2.45) is 5.92 Å². The zero-order valence-electron chi connectivity index (χ0n) is 17.5. The number of anilines is 1. The highest BCUT2D eigenvalue weighted by atomic mass is 16.6. The molecule has 0 saturated carbocycles. The molecular weight excluding hydrogens is 370 g/mol. The standard InChI is InChI=1S/C23H29NO5/c1-5-21(25)29-22-19(27-6-2)11-8-12-20(22)28-14-13-17-9-7-10-18(15-17)24-23(26)16(3)4/h7-12,15-16H,5-6,13-14H2,1-4H3,(H,24,26). The second kappa shape index (κ2) is 11.1. The topological polar surface area (TPSA) is 73.9 Å². The molecule has 156 valence electrons. The molecule has 0 radical (unpaired) electrons. The molecule has 0 aliphatic heterocycles. The summed E-state index contributed by atoms with van der Waals surface area (Å²) in [6.07, 6.45) is 0.889. The van der Waals surface area contributed by atoms with Gasteiger partial charge in [0.05, 0.1) is 13.2 Å². The zero-order valence-corrected chi connectivity index (χ0v) is 17.5. The fourth-order valence-electron chi connectivity index (χ4n) is 2.54. The zero-order chi connectivity index (χ0) is 21.2. The van der Waals surface area contributed by atoms with Gasteiger partial charge in [-0.15, -0.1) is 0 Å². The van der Waals surface area contributed by atoms with Gasteiger partial charge in [0.2, 0.25) is 11.7 Å². The first-order chi connectivity index (χ1) is 13.9. The lowest BCUT2D eigenvalue weighted by molar-refractivity contribution is -0.134. The van der Waals surface area contributed by atoms with Gasteiger partial charge in [0.25, 0.3) is 0 Å². The molecule has 0 spiro atoms. The van der Waals surface area contributed by atoms with Crippen LogP contribution in [0.2, 0.25) is 0 Å². The lowest BCUT2D eigenvalue weighted by Crippen LogP contribution is -2.17. The molecule has 0 heterocycles. The van der Waals surface area contributed by atoms with Crippen LogP contribution in [0.1, 0.15) is 39.7 Å². The van der Waals surface area contributed by atoms with E-state index in [1.807, 2.05) is 45.0 Å². The number of para-hydroxylation sites is 1. The summed E-state index contributed by atoms with van der Waals surface area (Å²) in [5.74, 6) is 0.791. The van der Waals surface area contributed by atoms with Gasteiger partial charge in [-0.1, -0.05) is 39.0 Å². The molecule has 0 fully saturated rings. The van der Waals surface area contributed by atoms with Crippen molar-refractivity contribution in [3.63, 3.8) is 0 Å². The van der Waals surface area contributed by atoms with Gasteiger partial charge in [-0.05, 0) is 36.8 Å². The van der Waals surface area contributed by atoms with Gasteiger partial charge in [0, 0.05) is 24.4 Å². The molecule has 1 amide bonds. The van der Waals surface area contributed by atoms with E-state index in [1.165, 1.54) is 0 Å². The molecule has 0 atom stereocenters. The van der Waals surface area contributed by atoms with E-state index in [0.29, 0.717) is 36.9 Å². The summed E-state index contributed by atoms with van der Waals surface area (Å²) in [5.41, 5.74) is 1.79. The Kier molecular flexibility index (Phi) is 8.52. The Morgan fingerprint density at radius 3 is 2.34 bits per heavy atom. The number of benzene rings is 2. The highest BCUT2D eigenvalue weighted by Gasteiger charge is 2.16. The third-order valence-electron chi connectivity index (χ3n) is 4.11. The van der Waals surface area contributed by atoms with Crippen molar-refractivity contribution >= 4 is 17.6 Å². The maximum absolute atomic E-state index is 11.9. The van der Waals surface area contributed by atoms with Gasteiger partial charge in [-0.2, -0.15) is 0 Å². The molecule has 2 aromatic carbocycles. The second-order valence-corrected chi connectivity index (χ2v) is 6.79. The maximum Gasteiger partial charge on any atom is 0.311 e. The highest BCUT2D eigenvalue weighted by Crippen LogP contribution is 2.37. The molecule has 0 aromatic heterocycles. The minimum Gasteiger partial charge on any atom is -0.490 e. The lowest BCUT2D eigenvalue weighted by atomic mass is 10.1. The summed E-state index contributed by atoms with van der Waals surface area (Å²) < 4.78 is 16.9. The summed E-state index contributed by atoms with van der Waals surface area (Å²) in [7, 11) is 0. The van der Waals surface area contributed by atoms with E-state index in [4.69, 9.17) is 14.2 Å². The van der Waals surface area contributed by atoms with Gasteiger partial charge in [-0.3, -0.25) is 9.59 Å². The van der Waals surface area contributed by atoms with Crippen LogP contribution in [0.5, 0.6) is 17.2 Å². The Labute approximate surface area is 172 Å². The average molecular weight is 399 g/mol. The van der Waals surface area contributed by atoms with Gasteiger partial charge in [0.1, 0.15) is 0 Å². The Morgan fingerprint density at radius 1 is 1.00 bits per heavy atom. The minimum absolute atomic E-state index is 0.0199. The first-order valence-electron chi connectivity index (χ1n) is 9.93. The number of hydrogen-bond acceptors (Lipinski definition) is 5. The molecule has 0 saturated heterocycles. The van der Waals surface area contributed by atoms with Crippen molar-refractivity contribution < 1.29 is 23.8 Å². The van der Waals surface area contributed by atoms with Gasteiger partial charge in [-0.25, -0.2) is 0 Å². The number of ether oxygens (including phenoxy) is 3. The van der Waals surface area contributed by atoms with Crippen LogP contribution in [0.3, 0.4) is 0 Å². The number of amides is 1. The SMILES string of the molecule is CCOc1cccc(OCCc2cccc(NC(=O)C(C)C)c2)c1OC(=O)CC. The van der Waals surface area contributed by atoms with Crippen molar-refractivity contribution in [2.75, 3.05) is 18.5 Å². The number of carbonyl (C=O) groups excluding carboxylic acids is 2. The number of carbonyl (C=O) groups is 2. The Hall–Kier alpha value is -3.02. The second-order valence-electron chi connectivity index (χ2n) is 6.79. The lowest BCUT2D eigenvalue weighted by Gasteiger charge is -2.15. The first-order valence-corrected chi connectivity index (χ1v) is 9.93. The smallest absolute Gasteiger partial charge is 0.311 e. The molecule has 2 rings (SSSR count). The molecule has 6 heteroatoms. The summed E-state index contributed by atoms with van der Waals surface area (Å²) in [6.45, 7) is 8.14. The van der Waals surface area contributed by atoms with Crippen molar-refractivity contribution in [2.45, 2.75) is 40.5 Å². The van der Waals surface area contributed by atoms with E-state index < -0.39 is 0 Å². The maximum atomic E-state index is 11.9. The first kappa shape index (κ1) is 22.3. The van der Waals surface area contributed by atoms with E-state index in [2.05, 4.69) is 5.32 Å². The number of hydrogen-bond donors (Lipinski definition) is 1. The quantitative estimate of drug-likeness (QED) is 0.466. The Balaban J connectivity index is 2.05. The van der Waals surface area contributed by atoms with Crippen LogP contribution >= 0.6 is 0 Å². The van der Waals surface area contributed by atoms with E-state index >= 15 is 0 Å². The number of rotatable bonds is 10. The molecular formula is C23H29NO5. The van der Waals surface area contributed by atoms with E-state index in [1.54, 1.807) is 25.1 Å². The average Bonchev–Trinajstić information content (AvgIpc) is 2.70. The third-order valence-corrected chi connectivity index (χ3v) is 4.11. The van der Waals surface area contributed by atoms with Crippen LogP contribution in [-0.4, -0.2) is 25.1 Å². The molecule has 29 heavy (non-hydrogen) atoms. The summed E-state index contributed by atoms with van der Waals surface area (Å²) in [4.78, 5) is 23.7. The van der Waals surface area contributed by atoms with Crippen LogP contribution in [0.15, 0.2) is 42.5 Å². The fourth-order valence-corrected chi connectivity index (χ4v) is 2.54. The molecule has 2 aromatic rings. The summed E-state index contributed by atoms with van der Waals surface area (Å²) >= 11 is 0. The predicted octanol–water partition coefficient (Wildman–Crippen LogP) is 4.62. The van der Waals surface area contributed by atoms with Crippen LogP contribution in [0, 0.1) is 5.92 Å². The van der Waals surface area contributed by atoms with Gasteiger partial charge in [0.15, 0.2) is 11.5 Å². The molecule has 0 unspecified atom stereocenters. The molecule has 1 N–H and O–H groups in total. The minimum atomic E-state index is -0.351. The summed E-state index contributed by atoms with van der Waals surface area (Å²) in [6, 6.07) is 13.0. The van der Waals surface area contributed by atoms with Crippen LogP contribution in [0.4, 0.5) is 5.69 Å². The monoisotopic (exact) mass is 399 g/mol. The number of esters is 1.